The van der Waals surface area contributed by atoms with E-state index >= 15 is 0 Å². The summed E-state index contributed by atoms with van der Waals surface area (Å²) < 4.78 is 22.8. The van der Waals surface area contributed by atoms with Crippen molar-refractivity contribution in [3.05, 3.63) is 97.2 Å². The first-order chi connectivity index (χ1) is 43.1. The molecule has 0 radical (unpaired) electrons. The Morgan fingerprint density at radius 3 is 1.20 bits per heavy atom. The van der Waals surface area contributed by atoms with Gasteiger partial charge >= 0.3 is 0 Å². The number of carbonyl (C=O) groups is 1. The molecule has 1 amide bonds. The van der Waals surface area contributed by atoms with E-state index in [0.717, 1.165) is 83.5 Å². The van der Waals surface area contributed by atoms with Crippen LogP contribution in [0.5, 0.6) is 0 Å². The molecule has 508 valence electrons. The van der Waals surface area contributed by atoms with Crippen LogP contribution in [-0.2, 0) is 23.7 Å². The first kappa shape index (κ1) is 81.0. The standard InChI is InChI=1S/C74H129NO13/c1-3-5-7-9-11-13-15-17-19-21-22-23-24-25-26-27-28-29-30-31-32-33-34-35-36-37-38-39-40-42-44-46-48-50-52-54-56-58-66(79)75-62(63(78)57-55-53-51-49-47-45-43-41-20-18-16-14-12-10-8-6-4-2)61-85-73-71(84)69(82)72(65(60-77)87-73)88-74-70(83)68(81)67(80)64(59-76)86-74/h5,7,11,13,17,19,22-23,25-26,28-29,31-32,55,57,62-65,67-74,76-78,80-84H,3-4,6,8-10,12,14-16,18,20-21,24,27,30,33-54,56,58-61H2,1-2H3,(H,75,79)/b7-5-,13-11-,19-17-,23-22-,26-25-,29-28-,32-31-,57-55+. The van der Waals surface area contributed by atoms with Gasteiger partial charge in [0.2, 0.25) is 5.91 Å². The fraction of sp³-hybridized carbons (Fsp3) is 0.770. The third-order valence-corrected chi connectivity index (χ3v) is 16.8. The normalized spacial score (nSPS) is 23.8. The summed E-state index contributed by atoms with van der Waals surface area (Å²) >= 11 is 0. The molecule has 0 aromatic carbocycles. The van der Waals surface area contributed by atoms with Gasteiger partial charge in [-0.25, -0.2) is 0 Å². The molecule has 88 heavy (non-hydrogen) atoms. The van der Waals surface area contributed by atoms with Crippen LogP contribution in [0.3, 0.4) is 0 Å². The van der Waals surface area contributed by atoms with Crippen LogP contribution in [0.4, 0.5) is 0 Å². The second-order valence-electron chi connectivity index (χ2n) is 24.6. The number of rotatable bonds is 57. The lowest BCUT2D eigenvalue weighted by Crippen LogP contribution is -2.65. The van der Waals surface area contributed by atoms with Crippen molar-refractivity contribution >= 4 is 5.91 Å². The monoisotopic (exact) mass is 1240 g/mol. The number of aliphatic hydroxyl groups excluding tert-OH is 8. The SMILES string of the molecule is CC/C=C\C/C=C\C/C=C\C/C=C\C/C=C\C/C=C\C/C=C\CCCCCCCCCCCCCCCCCC(=O)NC(COC1OC(CO)C(OC2OC(CO)C(O)C(O)C2O)C(O)C1O)C(O)/C=C/CCCCCCCCCCCCCCCCC. The molecule has 14 nitrogen and oxygen atoms in total. The highest BCUT2D eigenvalue weighted by molar-refractivity contribution is 5.76. The van der Waals surface area contributed by atoms with E-state index < -0.39 is 86.8 Å². The molecular weight excluding hydrogens is 1110 g/mol. The van der Waals surface area contributed by atoms with E-state index in [2.05, 4.69) is 104 Å². The largest absolute Gasteiger partial charge is 0.394 e. The second-order valence-corrected chi connectivity index (χ2v) is 24.6. The van der Waals surface area contributed by atoms with Crippen LogP contribution < -0.4 is 5.32 Å². The summed E-state index contributed by atoms with van der Waals surface area (Å²) in [5, 5.41) is 87.4. The average Bonchev–Trinajstić information content (AvgIpc) is 2.07. The molecule has 2 fully saturated rings. The zero-order chi connectivity index (χ0) is 63.8. The minimum Gasteiger partial charge on any atom is -0.394 e. The molecule has 2 aliphatic heterocycles. The minimum absolute atomic E-state index is 0.240. The lowest BCUT2D eigenvalue weighted by molar-refractivity contribution is -0.359. The van der Waals surface area contributed by atoms with Crippen LogP contribution in [0, 0.1) is 0 Å². The molecule has 9 N–H and O–H groups in total. The molecule has 2 rings (SSSR count). The van der Waals surface area contributed by atoms with Crippen LogP contribution in [-0.4, -0.2) is 140 Å². The van der Waals surface area contributed by atoms with Crippen molar-refractivity contribution in [1.29, 1.82) is 0 Å². The van der Waals surface area contributed by atoms with Gasteiger partial charge in [0.05, 0.1) is 32.0 Å². The van der Waals surface area contributed by atoms with Crippen molar-refractivity contribution in [3.8, 4) is 0 Å². The Balaban J connectivity index is 1.62. The first-order valence-corrected chi connectivity index (χ1v) is 35.5. The number of nitrogens with one attached hydrogen (secondary N) is 1. The Kier molecular flexibility index (Phi) is 53.2. The van der Waals surface area contributed by atoms with Gasteiger partial charge in [0, 0.05) is 6.42 Å². The Labute approximate surface area is 534 Å². The molecule has 12 unspecified atom stereocenters. The lowest BCUT2D eigenvalue weighted by atomic mass is 9.97. The van der Waals surface area contributed by atoms with Crippen LogP contribution in [0.15, 0.2) is 97.2 Å². The highest BCUT2D eigenvalue weighted by atomic mass is 16.7. The van der Waals surface area contributed by atoms with E-state index in [1.807, 2.05) is 6.08 Å². The zero-order valence-corrected chi connectivity index (χ0v) is 55.2. The van der Waals surface area contributed by atoms with Crippen LogP contribution >= 0.6 is 0 Å². The number of aliphatic hydroxyl groups is 8. The minimum atomic E-state index is -1.79. The molecule has 12 atom stereocenters. The highest BCUT2D eigenvalue weighted by Gasteiger charge is 2.51. The van der Waals surface area contributed by atoms with Crippen LogP contribution in [0.25, 0.3) is 0 Å². The quantitative estimate of drug-likeness (QED) is 0.0204. The van der Waals surface area contributed by atoms with E-state index in [4.69, 9.17) is 18.9 Å². The van der Waals surface area contributed by atoms with Crippen molar-refractivity contribution in [1.82, 2.24) is 5.32 Å². The molecule has 2 aliphatic rings. The Hall–Kier alpha value is -3.09. The van der Waals surface area contributed by atoms with E-state index in [-0.39, 0.29) is 18.9 Å². The maximum absolute atomic E-state index is 13.3. The van der Waals surface area contributed by atoms with Crippen molar-refractivity contribution < 1.29 is 64.6 Å². The topological polar surface area (TPSA) is 228 Å². The molecule has 14 heteroatoms. The van der Waals surface area contributed by atoms with Gasteiger partial charge in [-0.05, 0) is 77.0 Å². The number of carbonyl (C=O) groups excluding carboxylic acids is 1. The summed E-state index contributed by atoms with van der Waals surface area (Å²) in [5.41, 5.74) is 0. The molecule has 2 heterocycles. The Bertz CT molecular complexity index is 1850. The van der Waals surface area contributed by atoms with Gasteiger partial charge in [0.25, 0.3) is 0 Å². The van der Waals surface area contributed by atoms with E-state index in [9.17, 15) is 45.6 Å². The summed E-state index contributed by atoms with van der Waals surface area (Å²) in [6.07, 6.45) is 64.6. The number of hydrogen-bond donors (Lipinski definition) is 9. The summed E-state index contributed by atoms with van der Waals surface area (Å²) in [6.45, 7) is 2.70. The van der Waals surface area contributed by atoms with Gasteiger partial charge in [-0.2, -0.15) is 0 Å². The van der Waals surface area contributed by atoms with Crippen molar-refractivity contribution in [3.63, 3.8) is 0 Å². The van der Waals surface area contributed by atoms with E-state index in [0.29, 0.717) is 6.42 Å². The average molecular weight is 1240 g/mol. The molecule has 0 aromatic heterocycles. The number of hydrogen-bond acceptors (Lipinski definition) is 13. The van der Waals surface area contributed by atoms with Crippen molar-refractivity contribution in [2.24, 2.45) is 0 Å². The fourth-order valence-corrected chi connectivity index (χ4v) is 11.2. The zero-order valence-electron chi connectivity index (χ0n) is 55.2. The Morgan fingerprint density at radius 1 is 0.420 bits per heavy atom. The number of amides is 1. The van der Waals surface area contributed by atoms with Gasteiger partial charge in [-0.15, -0.1) is 0 Å². The second kappa shape index (κ2) is 57.8. The smallest absolute Gasteiger partial charge is 0.220 e. The van der Waals surface area contributed by atoms with Crippen LogP contribution in [0.2, 0.25) is 0 Å². The first-order valence-electron chi connectivity index (χ1n) is 35.5. The number of allylic oxidation sites excluding steroid dienone is 15. The van der Waals surface area contributed by atoms with Gasteiger partial charge in [-0.1, -0.05) is 284 Å². The molecule has 0 saturated carbocycles. The van der Waals surface area contributed by atoms with Crippen LogP contribution in [0.1, 0.15) is 271 Å². The third-order valence-electron chi connectivity index (χ3n) is 16.8. The molecular formula is C74H129NO13. The van der Waals surface area contributed by atoms with E-state index in [1.54, 1.807) is 6.08 Å². The van der Waals surface area contributed by atoms with Gasteiger partial charge in [0.15, 0.2) is 12.6 Å². The molecule has 0 aromatic rings. The van der Waals surface area contributed by atoms with Gasteiger partial charge < -0.3 is 65.1 Å². The Morgan fingerprint density at radius 2 is 0.784 bits per heavy atom. The molecule has 2 saturated heterocycles. The van der Waals surface area contributed by atoms with Gasteiger partial charge in [-0.3, -0.25) is 4.79 Å². The number of unbranched alkanes of at least 4 members (excludes halogenated alkanes) is 30. The number of ether oxygens (including phenoxy) is 4. The van der Waals surface area contributed by atoms with Gasteiger partial charge in [0.1, 0.15) is 48.8 Å². The summed E-state index contributed by atoms with van der Waals surface area (Å²) in [7, 11) is 0. The third kappa shape index (κ3) is 41.4. The predicted octanol–water partition coefficient (Wildman–Crippen LogP) is 14.6. The summed E-state index contributed by atoms with van der Waals surface area (Å²) in [4.78, 5) is 13.3. The van der Waals surface area contributed by atoms with E-state index in [1.165, 1.54) is 161 Å². The fourth-order valence-electron chi connectivity index (χ4n) is 11.2. The highest BCUT2D eigenvalue weighted by Crippen LogP contribution is 2.30. The van der Waals surface area contributed by atoms with Crippen molar-refractivity contribution in [2.75, 3.05) is 19.8 Å². The molecule has 0 spiro atoms. The predicted molar refractivity (Wildman–Crippen MR) is 359 cm³/mol. The summed E-state index contributed by atoms with van der Waals surface area (Å²) in [5.74, 6) is -0.240. The van der Waals surface area contributed by atoms with Crippen molar-refractivity contribution in [2.45, 2.75) is 344 Å². The maximum Gasteiger partial charge on any atom is 0.220 e. The maximum atomic E-state index is 13.3. The lowest BCUT2D eigenvalue weighted by Gasteiger charge is -2.46. The summed E-state index contributed by atoms with van der Waals surface area (Å²) in [6, 6.07) is -0.919. The molecule has 0 bridgehead atoms. The molecule has 0 aliphatic carbocycles.